The number of nitrogens with zero attached hydrogens (tertiary/aromatic N) is 3. The van der Waals surface area contributed by atoms with Gasteiger partial charge in [-0.25, -0.2) is 0 Å². The number of nitrogen functional groups attached to an aromatic ring is 1. The zero-order valence-electron chi connectivity index (χ0n) is 12.3. The van der Waals surface area contributed by atoms with Gasteiger partial charge in [-0.3, -0.25) is 0 Å². The summed E-state index contributed by atoms with van der Waals surface area (Å²) in [6.45, 7) is 9.30. The third kappa shape index (κ3) is 2.51. The number of hydrogen-bond acceptors (Lipinski definition) is 3. The zero-order valence-corrected chi connectivity index (χ0v) is 12.3. The zero-order chi connectivity index (χ0) is 14.0. The minimum atomic E-state index is 0.292. The molecule has 1 heterocycles. The first kappa shape index (κ1) is 14.6. The van der Waals surface area contributed by atoms with Crippen LogP contribution >= 0.6 is 0 Å². The molecule has 1 unspecified atom stereocenters. The molecule has 0 amide bonds. The van der Waals surface area contributed by atoms with E-state index < -0.39 is 0 Å². The molecule has 1 atom stereocenters. The maximum absolute atomic E-state index is 9.19. The second-order valence-electron chi connectivity index (χ2n) is 5.53. The fourth-order valence-electron chi connectivity index (χ4n) is 2.39. The highest BCUT2D eigenvalue weighted by molar-refractivity contribution is 5.58. The Bertz CT molecular complexity index is 463. The second kappa shape index (κ2) is 5.45. The molecule has 0 aliphatic carbocycles. The number of nitrogens with two attached hydrogens (primary N) is 1. The van der Waals surface area contributed by atoms with Gasteiger partial charge in [0.15, 0.2) is 0 Å². The van der Waals surface area contributed by atoms with Crippen molar-refractivity contribution in [3.63, 3.8) is 0 Å². The lowest BCUT2D eigenvalue weighted by Crippen LogP contribution is -2.29. The highest BCUT2D eigenvalue weighted by Crippen LogP contribution is 2.31. The molecular weight excluding hydrogens is 224 g/mol. The van der Waals surface area contributed by atoms with E-state index in [2.05, 4.69) is 43.5 Å². The van der Waals surface area contributed by atoms with Gasteiger partial charge in [0.2, 0.25) is 0 Å². The molecule has 18 heavy (non-hydrogen) atoms. The molecule has 0 saturated carbocycles. The predicted octanol–water partition coefficient (Wildman–Crippen LogP) is 2.32. The molecule has 0 aromatic carbocycles. The van der Waals surface area contributed by atoms with E-state index in [1.807, 2.05) is 13.8 Å². The van der Waals surface area contributed by atoms with Crippen molar-refractivity contribution in [1.82, 2.24) is 9.47 Å². The average molecular weight is 248 g/mol. The molecule has 0 spiro atoms. The molecule has 4 nitrogen and oxygen atoms in total. The van der Waals surface area contributed by atoms with E-state index in [1.165, 1.54) is 0 Å². The maximum atomic E-state index is 9.19. The van der Waals surface area contributed by atoms with Crippen molar-refractivity contribution in [2.75, 3.05) is 26.4 Å². The van der Waals surface area contributed by atoms with Crippen LogP contribution in [-0.4, -0.2) is 30.1 Å². The van der Waals surface area contributed by atoms with Gasteiger partial charge in [0, 0.05) is 12.2 Å². The summed E-state index contributed by atoms with van der Waals surface area (Å²) in [5, 5.41) is 9.19. The van der Waals surface area contributed by atoms with E-state index in [0.29, 0.717) is 23.3 Å². The SMILES string of the molecule is Cc1c(C#N)c(N)n(C(CN(C)C)C(C)C)c1C. The van der Waals surface area contributed by atoms with Gasteiger partial charge in [-0.1, -0.05) is 13.8 Å². The third-order valence-electron chi connectivity index (χ3n) is 3.56. The summed E-state index contributed by atoms with van der Waals surface area (Å²) in [7, 11) is 4.12. The smallest absolute Gasteiger partial charge is 0.122 e. The molecule has 0 aliphatic rings. The maximum Gasteiger partial charge on any atom is 0.122 e. The molecule has 1 aromatic heterocycles. The Balaban J connectivity index is 3.34. The van der Waals surface area contributed by atoms with Crippen LogP contribution in [0.25, 0.3) is 0 Å². The van der Waals surface area contributed by atoms with Gasteiger partial charge in [-0.15, -0.1) is 0 Å². The number of hydrogen-bond donors (Lipinski definition) is 1. The van der Waals surface area contributed by atoms with Crippen molar-refractivity contribution in [1.29, 1.82) is 5.26 Å². The summed E-state index contributed by atoms with van der Waals surface area (Å²) in [6.07, 6.45) is 0. The summed E-state index contributed by atoms with van der Waals surface area (Å²) in [5.74, 6) is 1.07. The Morgan fingerprint density at radius 1 is 1.33 bits per heavy atom. The number of rotatable bonds is 4. The lowest BCUT2D eigenvalue weighted by Gasteiger charge is -2.28. The van der Waals surface area contributed by atoms with Crippen molar-refractivity contribution in [3.05, 3.63) is 16.8 Å². The number of likely N-dealkylation sites (N-methyl/N-ethyl adjacent to an activating group) is 1. The van der Waals surface area contributed by atoms with Crippen molar-refractivity contribution in [2.45, 2.75) is 33.7 Å². The van der Waals surface area contributed by atoms with Crippen LogP contribution in [-0.2, 0) is 0 Å². The van der Waals surface area contributed by atoms with E-state index in [1.54, 1.807) is 0 Å². The summed E-state index contributed by atoms with van der Waals surface area (Å²) in [4.78, 5) is 2.16. The van der Waals surface area contributed by atoms with Crippen LogP contribution in [0.2, 0.25) is 0 Å². The highest BCUT2D eigenvalue weighted by atomic mass is 15.2. The van der Waals surface area contributed by atoms with E-state index >= 15 is 0 Å². The Labute approximate surface area is 110 Å². The van der Waals surface area contributed by atoms with Crippen LogP contribution in [0.5, 0.6) is 0 Å². The molecule has 4 heteroatoms. The van der Waals surface area contributed by atoms with E-state index in [9.17, 15) is 5.26 Å². The van der Waals surface area contributed by atoms with Crippen LogP contribution in [0.15, 0.2) is 0 Å². The van der Waals surface area contributed by atoms with Gasteiger partial charge < -0.3 is 15.2 Å². The minimum Gasteiger partial charge on any atom is -0.384 e. The van der Waals surface area contributed by atoms with Gasteiger partial charge in [0.25, 0.3) is 0 Å². The summed E-state index contributed by atoms with van der Waals surface area (Å²) >= 11 is 0. The molecule has 1 aromatic rings. The first-order chi connectivity index (χ1) is 8.31. The summed E-state index contributed by atoms with van der Waals surface area (Å²) in [6, 6.07) is 2.50. The lowest BCUT2D eigenvalue weighted by atomic mass is 10.0. The largest absolute Gasteiger partial charge is 0.384 e. The topological polar surface area (TPSA) is 58.0 Å². The van der Waals surface area contributed by atoms with Crippen molar-refractivity contribution >= 4 is 5.82 Å². The fraction of sp³-hybridized carbons (Fsp3) is 0.643. The second-order valence-corrected chi connectivity index (χ2v) is 5.53. The standard InChI is InChI=1S/C14H24N4/c1-9(2)13(8-17(5)6)18-11(4)10(3)12(7-15)14(18)16/h9,13H,8,16H2,1-6H3. The van der Waals surface area contributed by atoms with Gasteiger partial charge >= 0.3 is 0 Å². The van der Waals surface area contributed by atoms with Crippen LogP contribution < -0.4 is 5.73 Å². The molecule has 2 N–H and O–H groups in total. The third-order valence-corrected chi connectivity index (χ3v) is 3.56. The quantitative estimate of drug-likeness (QED) is 0.889. The Hall–Kier alpha value is -1.47. The summed E-state index contributed by atoms with van der Waals surface area (Å²) < 4.78 is 2.12. The first-order valence-electron chi connectivity index (χ1n) is 6.32. The predicted molar refractivity (Wildman–Crippen MR) is 75.5 cm³/mol. The number of anilines is 1. The average Bonchev–Trinajstić information content (AvgIpc) is 2.47. The van der Waals surface area contributed by atoms with Gasteiger partial charge in [0.1, 0.15) is 11.9 Å². The van der Waals surface area contributed by atoms with Gasteiger partial charge in [-0.05, 0) is 39.4 Å². The van der Waals surface area contributed by atoms with Crippen LogP contribution in [0.4, 0.5) is 5.82 Å². The van der Waals surface area contributed by atoms with Gasteiger partial charge in [-0.2, -0.15) is 5.26 Å². The van der Waals surface area contributed by atoms with Crippen LogP contribution in [0, 0.1) is 31.1 Å². The molecule has 0 aliphatic heterocycles. The molecule has 0 radical (unpaired) electrons. The number of nitriles is 1. The van der Waals surface area contributed by atoms with E-state index in [4.69, 9.17) is 5.73 Å². The fourth-order valence-corrected chi connectivity index (χ4v) is 2.39. The molecular formula is C14H24N4. The Morgan fingerprint density at radius 2 is 1.89 bits per heavy atom. The van der Waals surface area contributed by atoms with Crippen molar-refractivity contribution < 1.29 is 0 Å². The monoisotopic (exact) mass is 248 g/mol. The molecule has 0 bridgehead atoms. The molecule has 100 valence electrons. The molecule has 0 saturated heterocycles. The van der Waals surface area contributed by atoms with E-state index in [-0.39, 0.29) is 0 Å². The summed E-state index contributed by atoms with van der Waals surface area (Å²) in [5.41, 5.74) is 8.87. The van der Waals surface area contributed by atoms with Gasteiger partial charge in [0.05, 0.1) is 11.6 Å². The lowest BCUT2D eigenvalue weighted by molar-refractivity contribution is 0.269. The minimum absolute atomic E-state index is 0.292. The van der Waals surface area contributed by atoms with E-state index in [0.717, 1.165) is 17.8 Å². The van der Waals surface area contributed by atoms with Crippen LogP contribution in [0.3, 0.4) is 0 Å². The highest BCUT2D eigenvalue weighted by Gasteiger charge is 2.24. The molecule has 0 fully saturated rings. The van der Waals surface area contributed by atoms with Crippen molar-refractivity contribution in [2.24, 2.45) is 5.92 Å². The molecule has 1 rings (SSSR count). The Kier molecular flexibility index (Phi) is 4.42. The first-order valence-corrected chi connectivity index (χ1v) is 6.32. The van der Waals surface area contributed by atoms with Crippen molar-refractivity contribution in [3.8, 4) is 6.07 Å². The normalized spacial score (nSPS) is 13.1. The van der Waals surface area contributed by atoms with Crippen LogP contribution in [0.1, 0.15) is 36.7 Å². The number of aromatic nitrogens is 1. The Morgan fingerprint density at radius 3 is 2.22 bits per heavy atom.